The molecule has 0 spiro atoms. The number of methoxy groups -OCH3 is 1. The Hall–Kier alpha value is -3.41. The molecule has 1 N–H and O–H groups in total. The van der Waals surface area contributed by atoms with Gasteiger partial charge in [0, 0.05) is 11.8 Å². The van der Waals surface area contributed by atoms with E-state index in [0.717, 1.165) is 22.7 Å². The van der Waals surface area contributed by atoms with Gasteiger partial charge in [0.2, 0.25) is 5.95 Å². The van der Waals surface area contributed by atoms with Gasteiger partial charge in [-0.05, 0) is 48.5 Å². The molecule has 1 aromatic carbocycles. The summed E-state index contributed by atoms with van der Waals surface area (Å²) in [4.78, 5) is 8.73. The van der Waals surface area contributed by atoms with Gasteiger partial charge in [0.25, 0.3) is 0 Å². The fourth-order valence-electron chi connectivity index (χ4n) is 2.49. The van der Waals surface area contributed by atoms with Crippen LogP contribution in [0.4, 0.5) is 11.8 Å². The molecule has 0 atom stereocenters. The van der Waals surface area contributed by atoms with E-state index < -0.39 is 0 Å². The van der Waals surface area contributed by atoms with Crippen molar-refractivity contribution >= 4 is 17.4 Å². The number of hydrogen-bond donors (Lipinski definition) is 1. The normalized spacial score (nSPS) is 10.7. The summed E-state index contributed by atoms with van der Waals surface area (Å²) in [5.41, 5.74) is 2.76. The van der Waals surface area contributed by atoms with Crippen LogP contribution in [0, 0.1) is 0 Å². The minimum absolute atomic E-state index is 0.509. The molecule has 4 rings (SSSR count). The Balaban J connectivity index is 1.74. The second-order valence-electron chi connectivity index (χ2n) is 5.18. The number of anilines is 2. The second kappa shape index (κ2) is 6.00. The van der Waals surface area contributed by atoms with Gasteiger partial charge in [-0.15, -0.1) is 5.10 Å². The van der Waals surface area contributed by atoms with E-state index in [1.165, 1.54) is 0 Å². The van der Waals surface area contributed by atoms with E-state index in [1.54, 1.807) is 13.3 Å². The van der Waals surface area contributed by atoms with Crippen molar-refractivity contribution < 1.29 is 4.74 Å². The van der Waals surface area contributed by atoms with Gasteiger partial charge in [0.15, 0.2) is 5.65 Å². The molecule has 24 heavy (non-hydrogen) atoms. The smallest absolute Gasteiger partial charge is 0.248 e. The van der Waals surface area contributed by atoms with Gasteiger partial charge in [-0.3, -0.25) is 0 Å². The topological polar surface area (TPSA) is 64.3 Å². The van der Waals surface area contributed by atoms with E-state index in [1.807, 2.05) is 65.2 Å². The van der Waals surface area contributed by atoms with Crippen LogP contribution in [0.1, 0.15) is 0 Å². The molecule has 0 aliphatic rings. The van der Waals surface area contributed by atoms with Crippen molar-refractivity contribution in [1.82, 2.24) is 19.6 Å². The fourth-order valence-corrected chi connectivity index (χ4v) is 2.49. The zero-order valence-electron chi connectivity index (χ0n) is 13.0. The standard InChI is InChI=1S/C18H15N5O/c1-24-14-10-8-13(9-11-14)15-5-4-7-17-21-18(22-23(15)17)20-16-6-2-3-12-19-16/h2-12H,1H3,(H,19,20,22). The van der Waals surface area contributed by atoms with Crippen LogP contribution in [-0.2, 0) is 0 Å². The van der Waals surface area contributed by atoms with Gasteiger partial charge in [0.1, 0.15) is 11.6 Å². The lowest BCUT2D eigenvalue weighted by Crippen LogP contribution is -1.96. The molecule has 0 unspecified atom stereocenters. The Morgan fingerprint density at radius 2 is 1.83 bits per heavy atom. The minimum atomic E-state index is 0.509. The summed E-state index contributed by atoms with van der Waals surface area (Å²) in [6.45, 7) is 0. The zero-order chi connectivity index (χ0) is 16.4. The number of nitrogens with one attached hydrogen (secondary N) is 1. The van der Waals surface area contributed by atoms with Crippen molar-refractivity contribution in [2.45, 2.75) is 0 Å². The first kappa shape index (κ1) is 14.2. The molecule has 3 heterocycles. The Kier molecular flexibility index (Phi) is 3.55. The summed E-state index contributed by atoms with van der Waals surface area (Å²) in [5.74, 6) is 2.04. The lowest BCUT2D eigenvalue weighted by atomic mass is 10.1. The highest BCUT2D eigenvalue weighted by Crippen LogP contribution is 2.23. The highest BCUT2D eigenvalue weighted by atomic mass is 16.5. The van der Waals surface area contributed by atoms with Gasteiger partial charge in [0.05, 0.1) is 12.8 Å². The number of aromatic nitrogens is 4. The Morgan fingerprint density at radius 1 is 0.958 bits per heavy atom. The molecule has 0 aliphatic carbocycles. The number of pyridine rings is 2. The Bertz CT molecular complexity index is 964. The molecular formula is C18H15N5O. The molecule has 0 aliphatic heterocycles. The van der Waals surface area contributed by atoms with Gasteiger partial charge in [-0.1, -0.05) is 12.1 Å². The molecular weight excluding hydrogens is 302 g/mol. The summed E-state index contributed by atoms with van der Waals surface area (Å²) < 4.78 is 7.02. The lowest BCUT2D eigenvalue weighted by molar-refractivity contribution is 0.415. The Labute approximate surface area is 138 Å². The van der Waals surface area contributed by atoms with E-state index in [-0.39, 0.29) is 0 Å². The largest absolute Gasteiger partial charge is 0.497 e. The minimum Gasteiger partial charge on any atom is -0.497 e. The molecule has 0 radical (unpaired) electrons. The van der Waals surface area contributed by atoms with Gasteiger partial charge in [-0.25, -0.2) is 9.50 Å². The highest BCUT2D eigenvalue weighted by Gasteiger charge is 2.09. The third-order valence-electron chi connectivity index (χ3n) is 3.65. The van der Waals surface area contributed by atoms with E-state index in [0.29, 0.717) is 11.8 Å². The van der Waals surface area contributed by atoms with Crippen LogP contribution in [0.25, 0.3) is 16.9 Å². The fraction of sp³-hybridized carbons (Fsp3) is 0.0556. The van der Waals surface area contributed by atoms with Crippen molar-refractivity contribution in [3.05, 3.63) is 66.9 Å². The average molecular weight is 317 g/mol. The van der Waals surface area contributed by atoms with E-state index in [2.05, 4.69) is 20.4 Å². The van der Waals surface area contributed by atoms with Crippen LogP contribution in [-0.4, -0.2) is 26.7 Å². The summed E-state index contributed by atoms with van der Waals surface area (Å²) >= 11 is 0. The molecule has 0 amide bonds. The molecule has 0 saturated heterocycles. The van der Waals surface area contributed by atoms with Crippen LogP contribution >= 0.6 is 0 Å². The summed E-state index contributed by atoms with van der Waals surface area (Å²) in [5, 5.41) is 7.67. The molecule has 6 nitrogen and oxygen atoms in total. The average Bonchev–Trinajstić information content (AvgIpc) is 3.05. The summed E-state index contributed by atoms with van der Waals surface area (Å²) in [7, 11) is 1.66. The van der Waals surface area contributed by atoms with Gasteiger partial charge >= 0.3 is 0 Å². The Morgan fingerprint density at radius 3 is 2.58 bits per heavy atom. The van der Waals surface area contributed by atoms with Crippen LogP contribution in [0.15, 0.2) is 66.9 Å². The van der Waals surface area contributed by atoms with Crippen molar-refractivity contribution in [2.24, 2.45) is 0 Å². The first-order valence-electron chi connectivity index (χ1n) is 7.52. The third-order valence-corrected chi connectivity index (χ3v) is 3.65. The van der Waals surface area contributed by atoms with E-state index in [4.69, 9.17) is 4.74 Å². The van der Waals surface area contributed by atoms with Crippen LogP contribution in [0.3, 0.4) is 0 Å². The molecule has 0 saturated carbocycles. The van der Waals surface area contributed by atoms with Gasteiger partial charge < -0.3 is 10.1 Å². The number of hydrogen-bond acceptors (Lipinski definition) is 5. The third kappa shape index (κ3) is 2.65. The number of rotatable bonds is 4. The first-order valence-corrected chi connectivity index (χ1v) is 7.52. The lowest BCUT2D eigenvalue weighted by Gasteiger charge is -2.05. The predicted octanol–water partition coefficient (Wildman–Crippen LogP) is 3.54. The molecule has 4 aromatic rings. The highest BCUT2D eigenvalue weighted by molar-refractivity contribution is 5.65. The second-order valence-corrected chi connectivity index (χ2v) is 5.18. The maximum atomic E-state index is 5.21. The quantitative estimate of drug-likeness (QED) is 0.623. The monoisotopic (exact) mass is 317 g/mol. The number of nitrogens with zero attached hydrogens (tertiary/aromatic N) is 4. The SMILES string of the molecule is COc1ccc(-c2cccc3nc(Nc4ccccn4)nn23)cc1. The molecule has 0 fully saturated rings. The van der Waals surface area contributed by atoms with E-state index in [9.17, 15) is 0 Å². The number of benzene rings is 1. The summed E-state index contributed by atoms with van der Waals surface area (Å²) in [6.07, 6.45) is 1.72. The number of ether oxygens (including phenoxy) is 1. The van der Waals surface area contributed by atoms with Crippen molar-refractivity contribution in [2.75, 3.05) is 12.4 Å². The first-order chi connectivity index (χ1) is 11.8. The van der Waals surface area contributed by atoms with Crippen LogP contribution in [0.5, 0.6) is 5.75 Å². The maximum Gasteiger partial charge on any atom is 0.248 e. The molecule has 6 heteroatoms. The van der Waals surface area contributed by atoms with Crippen molar-refractivity contribution in [3.8, 4) is 17.0 Å². The number of fused-ring (bicyclic) bond motifs is 1. The maximum absolute atomic E-state index is 5.21. The van der Waals surface area contributed by atoms with Crippen molar-refractivity contribution in [3.63, 3.8) is 0 Å². The molecule has 118 valence electrons. The van der Waals surface area contributed by atoms with Crippen LogP contribution < -0.4 is 10.1 Å². The molecule has 0 bridgehead atoms. The molecule has 3 aromatic heterocycles. The predicted molar refractivity (Wildman–Crippen MR) is 92.5 cm³/mol. The van der Waals surface area contributed by atoms with Gasteiger partial charge in [-0.2, -0.15) is 4.98 Å². The van der Waals surface area contributed by atoms with Crippen molar-refractivity contribution in [1.29, 1.82) is 0 Å². The zero-order valence-corrected chi connectivity index (χ0v) is 13.0. The van der Waals surface area contributed by atoms with Crippen LogP contribution in [0.2, 0.25) is 0 Å². The summed E-state index contributed by atoms with van der Waals surface area (Å²) in [6, 6.07) is 19.4. The van der Waals surface area contributed by atoms with E-state index >= 15 is 0 Å².